The van der Waals surface area contributed by atoms with E-state index in [0.29, 0.717) is 18.6 Å². The second kappa shape index (κ2) is 8.32. The van der Waals surface area contributed by atoms with E-state index in [4.69, 9.17) is 9.26 Å². The topological polar surface area (TPSA) is 84.7 Å². The summed E-state index contributed by atoms with van der Waals surface area (Å²) in [5.74, 6) is 0.678. The van der Waals surface area contributed by atoms with Crippen LogP contribution < -0.4 is 4.74 Å². The average molecular weight is 477 g/mol. The van der Waals surface area contributed by atoms with E-state index in [1.54, 1.807) is 12.1 Å². The normalized spacial score (nSPS) is 19.6. The Bertz CT molecular complexity index is 1270. The van der Waals surface area contributed by atoms with Crippen molar-refractivity contribution in [2.24, 2.45) is 0 Å². The van der Waals surface area contributed by atoms with Crippen molar-refractivity contribution in [1.29, 1.82) is 0 Å². The summed E-state index contributed by atoms with van der Waals surface area (Å²) in [6, 6.07) is 20.7. The summed E-state index contributed by atoms with van der Waals surface area (Å²) < 4.78 is 29.5. The zero-order chi connectivity index (χ0) is 23.3. The van der Waals surface area contributed by atoms with Crippen molar-refractivity contribution in [3.05, 3.63) is 88.0 Å². The predicted octanol–water partition coefficient (Wildman–Crippen LogP) is 5.80. The van der Waals surface area contributed by atoms with Crippen LogP contribution in [0.5, 0.6) is 11.5 Å². The Hall–Kier alpha value is -3.03. The molecule has 8 nitrogen and oxygen atoms in total. The molecule has 2 saturated heterocycles. The van der Waals surface area contributed by atoms with Crippen LogP contribution in [0.1, 0.15) is 23.7 Å². The van der Waals surface area contributed by atoms with Gasteiger partial charge in [0.1, 0.15) is 5.75 Å². The van der Waals surface area contributed by atoms with Crippen LogP contribution in [0.15, 0.2) is 66.7 Å². The maximum Gasteiger partial charge on any atom is 0.346 e. The zero-order valence-electron chi connectivity index (χ0n) is 18.5. The molecule has 9 heteroatoms. The van der Waals surface area contributed by atoms with Crippen molar-refractivity contribution in [1.82, 2.24) is 9.34 Å². The quantitative estimate of drug-likeness (QED) is 0.176. The number of ether oxygens (including phenoxy) is 1. The van der Waals surface area contributed by atoms with Gasteiger partial charge in [-0.3, -0.25) is 19.2 Å². The monoisotopic (exact) mass is 477 g/mol. The molecule has 174 valence electrons. The Morgan fingerprint density at radius 3 is 2.18 bits per heavy atom. The first-order chi connectivity index (χ1) is 16.5. The molecule has 3 aromatic rings. The molecule has 0 N–H and O–H groups in total. The van der Waals surface area contributed by atoms with Crippen molar-refractivity contribution in [3.8, 4) is 22.6 Å². The smallest absolute Gasteiger partial charge is 0.346 e. The summed E-state index contributed by atoms with van der Waals surface area (Å²) in [6.45, 7) is 3.11. The molecule has 6 rings (SSSR count). The first-order valence-corrected chi connectivity index (χ1v) is 13.0. The first kappa shape index (κ1) is 21.5. The Morgan fingerprint density at radius 2 is 1.56 bits per heavy atom. The molecule has 0 amide bonds. The fraction of sp³-hybridized carbons (Fsp3) is 0.280. The van der Waals surface area contributed by atoms with Crippen molar-refractivity contribution >= 4 is 13.4 Å². The molecule has 2 fully saturated rings. The van der Waals surface area contributed by atoms with E-state index in [0.717, 1.165) is 48.4 Å². The minimum atomic E-state index is -3.00. The van der Waals surface area contributed by atoms with E-state index >= 15 is 0 Å². The van der Waals surface area contributed by atoms with E-state index in [2.05, 4.69) is 0 Å². The Kier molecular flexibility index (Phi) is 5.26. The van der Waals surface area contributed by atoms with Crippen LogP contribution in [0, 0.1) is 10.1 Å². The van der Waals surface area contributed by atoms with Gasteiger partial charge in [-0.05, 0) is 53.3 Å². The molecule has 0 radical (unpaired) electrons. The van der Waals surface area contributed by atoms with Crippen LogP contribution >= 0.6 is 7.67 Å². The van der Waals surface area contributed by atoms with Crippen LogP contribution in [0.2, 0.25) is 0 Å². The fourth-order valence-corrected chi connectivity index (χ4v) is 6.83. The number of hydrogen-bond acceptors (Lipinski definition) is 5. The number of nitro benzene ring substituents is 1. The summed E-state index contributed by atoms with van der Waals surface area (Å²) in [5.41, 5.74) is 3.72. The Balaban J connectivity index is 1.28. The molecule has 3 aromatic carbocycles. The van der Waals surface area contributed by atoms with E-state index < -0.39 is 12.6 Å². The Labute approximate surface area is 197 Å². The highest BCUT2D eigenvalue weighted by atomic mass is 31.2. The van der Waals surface area contributed by atoms with Gasteiger partial charge in [-0.2, -0.15) is 0 Å². The van der Waals surface area contributed by atoms with Gasteiger partial charge in [-0.1, -0.05) is 42.5 Å². The highest BCUT2D eigenvalue weighted by molar-refractivity contribution is 7.54. The van der Waals surface area contributed by atoms with Crippen LogP contribution in [0.3, 0.4) is 0 Å². The van der Waals surface area contributed by atoms with Gasteiger partial charge < -0.3 is 4.74 Å². The molecule has 0 spiro atoms. The second-order valence-electron chi connectivity index (χ2n) is 8.80. The molecule has 3 aliphatic rings. The molecular formula is C25H24N3O5P. The minimum Gasteiger partial charge on any atom is -0.450 e. The summed E-state index contributed by atoms with van der Waals surface area (Å²) in [5, 5.41) is 11.8. The molecule has 1 aliphatic carbocycles. The van der Waals surface area contributed by atoms with Gasteiger partial charge in [-0.25, -0.2) is 9.34 Å². The molecule has 0 aromatic heterocycles. The molecule has 0 unspecified atom stereocenters. The Morgan fingerprint density at radius 1 is 0.912 bits per heavy atom. The van der Waals surface area contributed by atoms with Gasteiger partial charge in [0, 0.05) is 32.2 Å². The third-order valence-electron chi connectivity index (χ3n) is 6.46. The van der Waals surface area contributed by atoms with Crippen LogP contribution in [-0.2, 0) is 15.5 Å². The number of hydrogen-bond donors (Lipinski definition) is 0. The van der Waals surface area contributed by atoms with Crippen molar-refractivity contribution in [2.45, 2.75) is 18.9 Å². The number of benzene rings is 3. The lowest BCUT2D eigenvalue weighted by atomic mass is 10.1. The van der Waals surface area contributed by atoms with Crippen LogP contribution in [-0.4, -0.2) is 40.4 Å². The lowest BCUT2D eigenvalue weighted by molar-refractivity contribution is -0.385. The van der Waals surface area contributed by atoms with E-state index in [1.165, 1.54) is 0 Å². The minimum absolute atomic E-state index is 0.0772. The lowest BCUT2D eigenvalue weighted by Gasteiger charge is -2.24. The largest absolute Gasteiger partial charge is 0.450 e. The second-order valence-corrected chi connectivity index (χ2v) is 11.1. The van der Waals surface area contributed by atoms with Gasteiger partial charge in [0.05, 0.1) is 11.0 Å². The van der Waals surface area contributed by atoms with Crippen LogP contribution in [0.4, 0.5) is 5.69 Å². The molecule has 1 atom stereocenters. The van der Waals surface area contributed by atoms with Crippen molar-refractivity contribution in [2.75, 3.05) is 26.2 Å². The summed E-state index contributed by atoms with van der Waals surface area (Å²) in [7, 11) is -3.00. The number of aryl methyl sites for hydroxylation is 1. The fourth-order valence-electron chi connectivity index (χ4n) is 4.47. The van der Waals surface area contributed by atoms with Crippen LogP contribution in [0.25, 0.3) is 11.1 Å². The molecule has 0 saturated carbocycles. The lowest BCUT2D eigenvalue weighted by Crippen LogP contribution is -2.11. The van der Waals surface area contributed by atoms with Gasteiger partial charge in [0.15, 0.2) is 0 Å². The average Bonchev–Trinajstić information content (AvgIpc) is 3.77. The number of nitro groups is 1. The van der Waals surface area contributed by atoms with Crippen molar-refractivity contribution in [3.63, 3.8) is 0 Å². The number of nitrogens with zero attached hydrogens (tertiary/aromatic N) is 3. The first-order valence-electron chi connectivity index (χ1n) is 11.4. The molecule has 2 aliphatic heterocycles. The van der Waals surface area contributed by atoms with E-state index in [9.17, 15) is 14.7 Å². The van der Waals surface area contributed by atoms with Gasteiger partial charge in [-0.15, -0.1) is 0 Å². The summed E-state index contributed by atoms with van der Waals surface area (Å²) in [4.78, 5) is 11.4. The third kappa shape index (κ3) is 4.03. The van der Waals surface area contributed by atoms with Gasteiger partial charge >= 0.3 is 13.4 Å². The van der Waals surface area contributed by atoms with E-state index in [1.807, 2.05) is 63.9 Å². The molecule has 34 heavy (non-hydrogen) atoms. The number of fused-ring (bicyclic) bond motifs is 1. The van der Waals surface area contributed by atoms with Gasteiger partial charge in [0.2, 0.25) is 5.75 Å². The third-order valence-corrected chi connectivity index (χ3v) is 9.21. The predicted molar refractivity (Wildman–Crippen MR) is 128 cm³/mol. The number of rotatable bonds is 8. The summed E-state index contributed by atoms with van der Waals surface area (Å²) in [6.07, 6.45) is 0.922. The SMILES string of the molecule is O=[N+]([O-])c1cc2c(cc1Oc1ccc(-c3ccccc3)cc1)[C@@H](OP(=O)(N1CC1)N1CC1)CC2. The van der Waals surface area contributed by atoms with E-state index in [-0.39, 0.29) is 17.5 Å². The highest BCUT2D eigenvalue weighted by Crippen LogP contribution is 2.64. The maximum atomic E-state index is 13.5. The summed E-state index contributed by atoms with van der Waals surface area (Å²) >= 11 is 0. The zero-order valence-corrected chi connectivity index (χ0v) is 19.4. The highest BCUT2D eigenvalue weighted by Gasteiger charge is 2.51. The standard InChI is InChI=1S/C25H24N3O5P/c29-28(30)23-16-20-8-11-24(33-34(31,26-12-13-26)27-14-15-27)22(20)17-25(23)32-21-9-6-19(7-10-21)18-4-2-1-3-5-18/h1-7,9-10,16-17,24H,8,11-15H2/t24-/m0/s1. The molecule has 0 bridgehead atoms. The molecule has 2 heterocycles. The van der Waals surface area contributed by atoms with Crippen molar-refractivity contribution < 1.29 is 18.7 Å². The van der Waals surface area contributed by atoms with Gasteiger partial charge in [0.25, 0.3) is 0 Å². The maximum absolute atomic E-state index is 13.5. The molecular weight excluding hydrogens is 453 g/mol.